The average Bonchev–Trinajstić information content (AvgIpc) is 2.43. The average molecular weight is 274 g/mol. The van der Waals surface area contributed by atoms with Gasteiger partial charge in [0.05, 0.1) is 7.11 Å². The van der Waals surface area contributed by atoms with Crippen LogP contribution in [0.3, 0.4) is 0 Å². The molecular formula is C16H18O4. The van der Waals surface area contributed by atoms with Crippen molar-refractivity contribution in [2.24, 2.45) is 0 Å². The number of carbonyl (C=O) groups is 1. The molecular weight excluding hydrogens is 256 g/mol. The zero-order chi connectivity index (χ0) is 14.5. The first-order valence-corrected chi connectivity index (χ1v) is 6.76. The Bertz CT molecular complexity index is 613. The summed E-state index contributed by atoms with van der Waals surface area (Å²) in [4.78, 5) is 12.5. The van der Waals surface area contributed by atoms with Crippen LogP contribution in [0.4, 0.5) is 0 Å². The fourth-order valence-corrected chi connectivity index (χ4v) is 2.81. The standard InChI is InChI=1S/C16H18O4/c1-16(2)7-6-11-13(17)12-8-9(19-3)4-5-10(12)14(18)15(11)20-16/h4-5,8,13,17H,6-7H2,1-3H3. The molecule has 3 rings (SSSR count). The van der Waals surface area contributed by atoms with Crippen molar-refractivity contribution in [3.63, 3.8) is 0 Å². The summed E-state index contributed by atoms with van der Waals surface area (Å²) in [5.74, 6) is 0.818. The summed E-state index contributed by atoms with van der Waals surface area (Å²) >= 11 is 0. The predicted molar refractivity (Wildman–Crippen MR) is 73.7 cm³/mol. The SMILES string of the molecule is COc1ccc2c(c1)C(O)C1=C(OC(C)(C)CC1)C2=O. The van der Waals surface area contributed by atoms with E-state index in [4.69, 9.17) is 9.47 Å². The molecule has 106 valence electrons. The Kier molecular flexibility index (Phi) is 2.87. The van der Waals surface area contributed by atoms with E-state index in [9.17, 15) is 9.90 Å². The number of Topliss-reactive ketones (excluding diaryl/α,β-unsaturated/α-hetero) is 1. The van der Waals surface area contributed by atoms with E-state index in [2.05, 4.69) is 0 Å². The highest BCUT2D eigenvalue weighted by Crippen LogP contribution is 2.43. The molecule has 1 aromatic rings. The van der Waals surface area contributed by atoms with E-state index < -0.39 is 6.10 Å². The van der Waals surface area contributed by atoms with Gasteiger partial charge in [0, 0.05) is 11.1 Å². The zero-order valence-corrected chi connectivity index (χ0v) is 11.9. The summed E-state index contributed by atoms with van der Waals surface area (Å²) in [6, 6.07) is 5.14. The van der Waals surface area contributed by atoms with Gasteiger partial charge in [-0.1, -0.05) is 0 Å². The maximum absolute atomic E-state index is 12.5. The van der Waals surface area contributed by atoms with Gasteiger partial charge in [0.1, 0.15) is 17.5 Å². The third-order valence-electron chi connectivity index (χ3n) is 4.00. The van der Waals surface area contributed by atoms with Crippen molar-refractivity contribution >= 4 is 5.78 Å². The van der Waals surface area contributed by atoms with Crippen LogP contribution < -0.4 is 4.74 Å². The summed E-state index contributed by atoms with van der Waals surface area (Å²) in [7, 11) is 1.57. The highest BCUT2D eigenvalue weighted by atomic mass is 16.5. The van der Waals surface area contributed by atoms with E-state index in [0.29, 0.717) is 34.6 Å². The number of hydrogen-bond donors (Lipinski definition) is 1. The lowest BCUT2D eigenvalue weighted by atomic mass is 9.81. The van der Waals surface area contributed by atoms with Crippen LogP contribution in [0.15, 0.2) is 29.5 Å². The maximum Gasteiger partial charge on any atom is 0.228 e. The van der Waals surface area contributed by atoms with Gasteiger partial charge < -0.3 is 14.6 Å². The van der Waals surface area contributed by atoms with E-state index >= 15 is 0 Å². The summed E-state index contributed by atoms with van der Waals surface area (Å²) in [6.07, 6.45) is 0.672. The van der Waals surface area contributed by atoms with Crippen molar-refractivity contribution < 1.29 is 19.4 Å². The number of methoxy groups -OCH3 is 1. The third kappa shape index (κ3) is 1.91. The highest BCUT2D eigenvalue weighted by Gasteiger charge is 2.40. The van der Waals surface area contributed by atoms with E-state index in [-0.39, 0.29) is 11.4 Å². The van der Waals surface area contributed by atoms with Gasteiger partial charge in [-0.15, -0.1) is 0 Å². The predicted octanol–water partition coefficient (Wildman–Crippen LogP) is 2.77. The van der Waals surface area contributed by atoms with E-state index in [1.54, 1.807) is 25.3 Å². The molecule has 0 aromatic heterocycles. The fourth-order valence-electron chi connectivity index (χ4n) is 2.81. The minimum absolute atomic E-state index is 0.143. The Balaban J connectivity index is 2.10. The van der Waals surface area contributed by atoms with Gasteiger partial charge in [-0.05, 0) is 50.5 Å². The van der Waals surface area contributed by atoms with Crippen molar-refractivity contribution in [1.82, 2.24) is 0 Å². The lowest BCUT2D eigenvalue weighted by Gasteiger charge is -2.37. The van der Waals surface area contributed by atoms with Crippen LogP contribution >= 0.6 is 0 Å². The van der Waals surface area contributed by atoms with Crippen LogP contribution in [-0.2, 0) is 4.74 Å². The minimum atomic E-state index is -0.788. The van der Waals surface area contributed by atoms with Gasteiger partial charge in [0.2, 0.25) is 5.78 Å². The molecule has 4 nitrogen and oxygen atoms in total. The lowest BCUT2D eigenvalue weighted by molar-refractivity contribution is 0.00231. The first-order chi connectivity index (χ1) is 9.43. The summed E-state index contributed by atoms with van der Waals surface area (Å²) < 4.78 is 11.0. The smallest absolute Gasteiger partial charge is 0.228 e. The Morgan fingerprint density at radius 2 is 2.15 bits per heavy atom. The molecule has 20 heavy (non-hydrogen) atoms. The molecule has 1 heterocycles. The molecule has 0 saturated carbocycles. The Labute approximate surface area is 118 Å². The number of fused-ring (bicyclic) bond motifs is 1. The number of allylic oxidation sites excluding steroid dienone is 1. The Morgan fingerprint density at radius 3 is 2.85 bits per heavy atom. The molecule has 0 amide bonds. The van der Waals surface area contributed by atoms with Crippen LogP contribution in [0, 0.1) is 0 Å². The molecule has 1 aliphatic carbocycles. The van der Waals surface area contributed by atoms with Gasteiger partial charge >= 0.3 is 0 Å². The molecule has 1 atom stereocenters. The molecule has 2 aliphatic rings. The number of aliphatic hydroxyl groups excluding tert-OH is 1. The fraction of sp³-hybridized carbons (Fsp3) is 0.438. The highest BCUT2D eigenvalue weighted by molar-refractivity contribution is 6.10. The molecule has 1 N–H and O–H groups in total. The maximum atomic E-state index is 12.5. The third-order valence-corrected chi connectivity index (χ3v) is 4.00. The topological polar surface area (TPSA) is 55.8 Å². The van der Waals surface area contributed by atoms with Gasteiger partial charge in [0.25, 0.3) is 0 Å². The first kappa shape index (κ1) is 13.2. The molecule has 0 saturated heterocycles. The second kappa shape index (κ2) is 4.35. The summed E-state index contributed by atoms with van der Waals surface area (Å²) in [5.41, 5.74) is 1.43. The van der Waals surface area contributed by atoms with Crippen LogP contribution in [0.2, 0.25) is 0 Å². The van der Waals surface area contributed by atoms with Crippen LogP contribution in [-0.4, -0.2) is 23.6 Å². The largest absolute Gasteiger partial charge is 0.497 e. The number of aliphatic hydroxyl groups is 1. The van der Waals surface area contributed by atoms with Crippen molar-refractivity contribution in [3.8, 4) is 5.75 Å². The van der Waals surface area contributed by atoms with Crippen molar-refractivity contribution in [2.45, 2.75) is 38.4 Å². The van der Waals surface area contributed by atoms with E-state index in [1.165, 1.54) is 0 Å². The second-order valence-corrected chi connectivity index (χ2v) is 5.90. The van der Waals surface area contributed by atoms with Crippen molar-refractivity contribution in [3.05, 3.63) is 40.7 Å². The molecule has 0 radical (unpaired) electrons. The van der Waals surface area contributed by atoms with Gasteiger partial charge in [-0.25, -0.2) is 0 Å². The number of ether oxygens (including phenoxy) is 2. The van der Waals surface area contributed by atoms with Gasteiger partial charge in [0.15, 0.2) is 5.76 Å². The van der Waals surface area contributed by atoms with E-state index in [1.807, 2.05) is 13.8 Å². The molecule has 0 spiro atoms. The van der Waals surface area contributed by atoms with Gasteiger partial charge in [-0.3, -0.25) is 4.79 Å². The number of benzene rings is 1. The molecule has 0 fully saturated rings. The molecule has 0 bridgehead atoms. The zero-order valence-electron chi connectivity index (χ0n) is 11.9. The quantitative estimate of drug-likeness (QED) is 0.855. The normalized spacial score (nSPS) is 23.8. The monoisotopic (exact) mass is 274 g/mol. The molecule has 1 unspecified atom stereocenters. The number of ketones is 1. The van der Waals surface area contributed by atoms with Crippen LogP contribution in [0.25, 0.3) is 0 Å². The molecule has 1 aromatic carbocycles. The molecule has 1 aliphatic heterocycles. The minimum Gasteiger partial charge on any atom is -0.497 e. The van der Waals surface area contributed by atoms with Gasteiger partial charge in [-0.2, -0.15) is 0 Å². The molecule has 4 heteroatoms. The van der Waals surface area contributed by atoms with Crippen molar-refractivity contribution in [2.75, 3.05) is 7.11 Å². The first-order valence-electron chi connectivity index (χ1n) is 6.76. The van der Waals surface area contributed by atoms with E-state index in [0.717, 1.165) is 6.42 Å². The number of hydrogen-bond acceptors (Lipinski definition) is 4. The number of rotatable bonds is 1. The second-order valence-electron chi connectivity index (χ2n) is 5.90. The van der Waals surface area contributed by atoms with Crippen molar-refractivity contribution in [1.29, 1.82) is 0 Å². The number of carbonyl (C=O) groups excluding carboxylic acids is 1. The lowest BCUT2D eigenvalue weighted by Crippen LogP contribution is -2.35. The van der Waals surface area contributed by atoms with Crippen LogP contribution in [0.1, 0.15) is 48.7 Å². The van der Waals surface area contributed by atoms with Crippen LogP contribution in [0.5, 0.6) is 5.75 Å². The Hall–Kier alpha value is -1.81. The summed E-state index contributed by atoms with van der Waals surface area (Å²) in [6.45, 7) is 3.92. The summed E-state index contributed by atoms with van der Waals surface area (Å²) in [5, 5.41) is 10.5. The Morgan fingerprint density at radius 1 is 1.40 bits per heavy atom.